The smallest absolute Gasteiger partial charge is 0.178 e. The number of hydrogen-bond acceptors (Lipinski definition) is 4. The van der Waals surface area contributed by atoms with Crippen molar-refractivity contribution in [3.63, 3.8) is 0 Å². The Balaban J connectivity index is 2.13. The Morgan fingerprint density at radius 3 is 2.50 bits per heavy atom. The van der Waals surface area contributed by atoms with Gasteiger partial charge in [0, 0.05) is 18.2 Å². The summed E-state index contributed by atoms with van der Waals surface area (Å²) in [7, 11) is -3.18. The monoisotopic (exact) mass is 271 g/mol. The molecule has 0 atom stereocenters. The average molecular weight is 271 g/mol. The Bertz CT molecular complexity index is 499. The van der Waals surface area contributed by atoms with Crippen LogP contribution in [0.15, 0.2) is 11.1 Å². The predicted molar refractivity (Wildman–Crippen MR) is 70.4 cm³/mol. The maximum Gasteiger partial charge on any atom is 0.178 e. The quantitative estimate of drug-likeness (QED) is 0.902. The molecule has 0 aromatic carbocycles. The van der Waals surface area contributed by atoms with Crippen LogP contribution in [0.5, 0.6) is 0 Å². The van der Waals surface area contributed by atoms with Gasteiger partial charge in [-0.2, -0.15) is 5.10 Å². The Morgan fingerprint density at radius 2 is 2.00 bits per heavy atom. The summed E-state index contributed by atoms with van der Waals surface area (Å²) in [6.45, 7) is 6.42. The van der Waals surface area contributed by atoms with Gasteiger partial charge < -0.3 is 4.90 Å². The minimum absolute atomic E-state index is 0.284. The molecule has 1 aliphatic rings. The van der Waals surface area contributed by atoms with Crippen LogP contribution in [0, 0.1) is 0 Å². The molecule has 6 heteroatoms. The van der Waals surface area contributed by atoms with E-state index in [9.17, 15) is 8.42 Å². The highest BCUT2D eigenvalue weighted by atomic mass is 32.2. The maximum atomic E-state index is 11.7. The molecule has 18 heavy (non-hydrogen) atoms. The lowest BCUT2D eigenvalue weighted by atomic mass is 9.93. The molecule has 2 heterocycles. The lowest BCUT2D eigenvalue weighted by molar-refractivity contribution is 0.170. The molecular formula is C12H21N3O2S. The molecule has 1 aliphatic heterocycles. The summed E-state index contributed by atoms with van der Waals surface area (Å²) in [6, 6.07) is 0.557. The van der Waals surface area contributed by atoms with Gasteiger partial charge in [0.05, 0.1) is 11.9 Å². The molecule has 1 fully saturated rings. The molecule has 5 nitrogen and oxygen atoms in total. The van der Waals surface area contributed by atoms with Gasteiger partial charge in [-0.3, -0.25) is 5.10 Å². The second-order valence-corrected chi connectivity index (χ2v) is 7.31. The van der Waals surface area contributed by atoms with Gasteiger partial charge in [0.25, 0.3) is 0 Å². The number of hydrogen-bond donors (Lipinski definition) is 1. The van der Waals surface area contributed by atoms with Crippen LogP contribution >= 0.6 is 0 Å². The van der Waals surface area contributed by atoms with Crippen LogP contribution in [0.25, 0.3) is 0 Å². The molecule has 2 rings (SSSR count). The predicted octanol–water partition coefficient (Wildman–Crippen LogP) is 1.40. The molecule has 102 valence electrons. The first-order valence-electron chi connectivity index (χ1n) is 6.37. The van der Waals surface area contributed by atoms with Crippen molar-refractivity contribution in [1.82, 2.24) is 15.1 Å². The van der Waals surface area contributed by atoms with E-state index < -0.39 is 9.84 Å². The first-order valence-corrected chi connectivity index (χ1v) is 8.26. The lowest BCUT2D eigenvalue weighted by Crippen LogP contribution is -2.38. The van der Waals surface area contributed by atoms with Crippen LogP contribution in [0.3, 0.4) is 0 Å². The van der Waals surface area contributed by atoms with Crippen LogP contribution in [0.2, 0.25) is 0 Å². The number of rotatable bonds is 3. The van der Waals surface area contributed by atoms with Crippen molar-refractivity contribution >= 4 is 9.84 Å². The fraction of sp³-hybridized carbons (Fsp3) is 0.750. The number of aromatic nitrogens is 2. The van der Waals surface area contributed by atoms with Crippen molar-refractivity contribution in [3.8, 4) is 0 Å². The highest BCUT2D eigenvalue weighted by molar-refractivity contribution is 7.90. The normalized spacial score (nSPS) is 19.6. The van der Waals surface area contributed by atoms with E-state index in [1.54, 1.807) is 0 Å². The van der Waals surface area contributed by atoms with E-state index in [4.69, 9.17) is 0 Å². The van der Waals surface area contributed by atoms with E-state index in [2.05, 4.69) is 28.9 Å². The van der Waals surface area contributed by atoms with Gasteiger partial charge in [-0.1, -0.05) is 0 Å². The third-order valence-corrected chi connectivity index (χ3v) is 4.82. The third-order valence-electron chi connectivity index (χ3n) is 3.70. The van der Waals surface area contributed by atoms with Gasteiger partial charge >= 0.3 is 0 Å². The second kappa shape index (κ2) is 5.01. The molecule has 0 spiro atoms. The number of likely N-dealkylation sites (tertiary alicyclic amines) is 1. The molecule has 0 bridgehead atoms. The molecule has 1 N–H and O–H groups in total. The van der Waals surface area contributed by atoms with E-state index in [1.165, 1.54) is 12.5 Å². The fourth-order valence-electron chi connectivity index (χ4n) is 2.58. The molecule has 1 aromatic rings. The minimum Gasteiger partial charge on any atom is -0.301 e. The van der Waals surface area contributed by atoms with Crippen molar-refractivity contribution < 1.29 is 8.42 Å². The summed E-state index contributed by atoms with van der Waals surface area (Å²) in [5, 5.41) is 6.78. The van der Waals surface area contributed by atoms with Gasteiger partial charge in [0.2, 0.25) is 0 Å². The summed E-state index contributed by atoms with van der Waals surface area (Å²) in [6.07, 6.45) is 4.65. The van der Waals surface area contributed by atoms with Crippen LogP contribution < -0.4 is 0 Å². The van der Waals surface area contributed by atoms with Crippen LogP contribution in [-0.2, 0) is 9.84 Å². The zero-order chi connectivity index (χ0) is 13.3. The van der Waals surface area contributed by atoms with Gasteiger partial charge in [-0.15, -0.1) is 0 Å². The van der Waals surface area contributed by atoms with Crippen molar-refractivity contribution in [2.45, 2.75) is 43.5 Å². The van der Waals surface area contributed by atoms with E-state index in [0.717, 1.165) is 31.6 Å². The number of nitrogens with zero attached hydrogens (tertiary/aromatic N) is 2. The molecule has 1 saturated heterocycles. The van der Waals surface area contributed by atoms with Crippen molar-refractivity contribution in [3.05, 3.63) is 11.9 Å². The van der Waals surface area contributed by atoms with E-state index in [-0.39, 0.29) is 5.92 Å². The molecule has 0 saturated carbocycles. The summed E-state index contributed by atoms with van der Waals surface area (Å²) in [5.74, 6) is 0.284. The number of piperidine rings is 1. The number of nitrogens with one attached hydrogen (secondary N) is 1. The minimum atomic E-state index is -3.18. The van der Waals surface area contributed by atoms with Crippen LogP contribution in [-0.4, -0.2) is 48.9 Å². The molecule has 0 amide bonds. The highest BCUT2D eigenvalue weighted by Gasteiger charge is 2.27. The third kappa shape index (κ3) is 2.75. The Hall–Kier alpha value is -0.880. The maximum absolute atomic E-state index is 11.7. The second-order valence-electron chi connectivity index (χ2n) is 5.32. The molecule has 0 unspecified atom stereocenters. The summed E-state index contributed by atoms with van der Waals surface area (Å²) in [4.78, 5) is 2.79. The van der Waals surface area contributed by atoms with Crippen LogP contribution in [0.4, 0.5) is 0 Å². The zero-order valence-corrected chi connectivity index (χ0v) is 12.0. The first kappa shape index (κ1) is 13.5. The summed E-state index contributed by atoms with van der Waals surface area (Å²) in [5.41, 5.74) is 0.793. The molecule has 1 aromatic heterocycles. The Morgan fingerprint density at radius 1 is 1.39 bits per heavy atom. The zero-order valence-electron chi connectivity index (χ0n) is 11.2. The van der Waals surface area contributed by atoms with Gasteiger partial charge in [-0.25, -0.2) is 8.42 Å². The summed E-state index contributed by atoms with van der Waals surface area (Å²) >= 11 is 0. The number of H-pyrrole nitrogens is 1. The van der Waals surface area contributed by atoms with Gasteiger partial charge in [0.1, 0.15) is 4.90 Å². The lowest BCUT2D eigenvalue weighted by Gasteiger charge is -2.34. The summed E-state index contributed by atoms with van der Waals surface area (Å²) < 4.78 is 23.3. The van der Waals surface area contributed by atoms with Gasteiger partial charge in [-0.05, 0) is 39.8 Å². The number of sulfone groups is 1. The van der Waals surface area contributed by atoms with E-state index in [0.29, 0.717) is 10.9 Å². The molecule has 0 aliphatic carbocycles. The van der Waals surface area contributed by atoms with Crippen molar-refractivity contribution in [1.29, 1.82) is 0 Å². The van der Waals surface area contributed by atoms with Gasteiger partial charge in [0.15, 0.2) is 9.84 Å². The first-order chi connectivity index (χ1) is 8.39. The standard InChI is InChI=1S/C12H21N3O2S/c1-9(2)15-6-4-10(5-7-15)12-11(8-13-14-12)18(3,16)17/h8-10H,4-7H2,1-3H3,(H,13,14). The average Bonchev–Trinajstić information content (AvgIpc) is 2.77. The van der Waals surface area contributed by atoms with Crippen molar-refractivity contribution in [2.75, 3.05) is 19.3 Å². The Labute approximate surface area is 108 Å². The molecular weight excluding hydrogens is 250 g/mol. The highest BCUT2D eigenvalue weighted by Crippen LogP contribution is 2.31. The number of aromatic amines is 1. The van der Waals surface area contributed by atoms with Crippen LogP contribution in [0.1, 0.15) is 38.3 Å². The largest absolute Gasteiger partial charge is 0.301 e. The van der Waals surface area contributed by atoms with Crippen molar-refractivity contribution in [2.24, 2.45) is 0 Å². The molecule has 0 radical (unpaired) electrons. The SMILES string of the molecule is CC(C)N1CCC(c2[nH]ncc2S(C)(=O)=O)CC1. The topological polar surface area (TPSA) is 66.1 Å². The van der Waals surface area contributed by atoms with E-state index in [1.807, 2.05) is 0 Å². The Kier molecular flexibility index (Phi) is 3.77. The fourth-order valence-corrected chi connectivity index (χ4v) is 3.43. The van der Waals surface area contributed by atoms with E-state index >= 15 is 0 Å².